The third-order valence-corrected chi connectivity index (χ3v) is 6.21. The summed E-state index contributed by atoms with van der Waals surface area (Å²) >= 11 is 1.33. The van der Waals surface area contributed by atoms with Crippen molar-refractivity contribution in [3.05, 3.63) is 35.4 Å². The Labute approximate surface area is 166 Å². The van der Waals surface area contributed by atoms with Gasteiger partial charge >= 0.3 is 0 Å². The zero-order valence-corrected chi connectivity index (χ0v) is 17.3. The molecule has 1 aromatic carbocycles. The van der Waals surface area contributed by atoms with Gasteiger partial charge < -0.3 is 10.2 Å². The number of hydrogen-bond acceptors (Lipinski definition) is 4. The molecule has 2 fully saturated rings. The van der Waals surface area contributed by atoms with Crippen LogP contribution in [0.25, 0.3) is 0 Å². The van der Waals surface area contributed by atoms with Crippen LogP contribution in [-0.2, 0) is 17.9 Å². The van der Waals surface area contributed by atoms with Gasteiger partial charge in [0.15, 0.2) is 0 Å². The number of carbonyl (C=O) groups excluding carboxylic acids is 2. The maximum atomic E-state index is 12.0. The molecule has 5 nitrogen and oxygen atoms in total. The van der Waals surface area contributed by atoms with E-state index < -0.39 is 0 Å². The quantitative estimate of drug-likeness (QED) is 0.777. The average molecular weight is 390 g/mol. The largest absolute Gasteiger partial charge is 0.352 e. The minimum Gasteiger partial charge on any atom is -0.352 e. The van der Waals surface area contributed by atoms with Crippen molar-refractivity contribution in [1.29, 1.82) is 0 Å². The molecule has 2 aliphatic rings. The van der Waals surface area contributed by atoms with Crippen LogP contribution in [0.15, 0.2) is 24.3 Å². The van der Waals surface area contributed by atoms with Crippen LogP contribution < -0.4 is 5.32 Å². The van der Waals surface area contributed by atoms with Crippen molar-refractivity contribution in [2.24, 2.45) is 11.8 Å². The van der Waals surface area contributed by atoms with Gasteiger partial charge in [-0.1, -0.05) is 49.9 Å². The lowest BCUT2D eigenvalue weighted by Gasteiger charge is -2.35. The number of piperidine rings is 1. The van der Waals surface area contributed by atoms with Crippen LogP contribution in [0, 0.1) is 11.8 Å². The number of rotatable bonds is 7. The van der Waals surface area contributed by atoms with E-state index in [2.05, 4.69) is 48.3 Å². The summed E-state index contributed by atoms with van der Waals surface area (Å²) in [5.41, 5.74) is 2.44. The van der Waals surface area contributed by atoms with Gasteiger partial charge in [0, 0.05) is 51.4 Å². The van der Waals surface area contributed by atoms with Crippen LogP contribution in [-0.4, -0.2) is 52.9 Å². The topological polar surface area (TPSA) is 52.7 Å². The molecule has 0 aliphatic carbocycles. The van der Waals surface area contributed by atoms with Crippen LogP contribution in [0.1, 0.15) is 37.8 Å². The first-order valence-electron chi connectivity index (χ1n) is 9.98. The molecular formula is C21H31N3O2S. The minimum atomic E-state index is 0.0000634. The van der Waals surface area contributed by atoms with Gasteiger partial charge in [0.05, 0.1) is 0 Å². The summed E-state index contributed by atoms with van der Waals surface area (Å²) in [6, 6.07) is 8.55. The number of nitrogens with one attached hydrogen (secondary N) is 1. The minimum absolute atomic E-state index is 0.0000634. The molecule has 2 saturated heterocycles. The zero-order chi connectivity index (χ0) is 19.2. The Kier molecular flexibility index (Phi) is 7.19. The fourth-order valence-corrected chi connectivity index (χ4v) is 4.95. The van der Waals surface area contributed by atoms with Gasteiger partial charge in [-0.15, -0.1) is 0 Å². The average Bonchev–Trinajstić information content (AvgIpc) is 3.03. The van der Waals surface area contributed by atoms with Crippen LogP contribution in [0.3, 0.4) is 0 Å². The molecule has 1 N–H and O–H groups in total. The molecule has 0 radical (unpaired) electrons. The number of likely N-dealkylation sites (tertiary alicyclic amines) is 1. The fourth-order valence-electron chi connectivity index (χ4n) is 4.10. The summed E-state index contributed by atoms with van der Waals surface area (Å²) in [6.07, 6.45) is 1.70. The third-order valence-electron chi connectivity index (χ3n) is 5.32. The predicted octanol–water partition coefficient (Wildman–Crippen LogP) is 3.34. The number of thioether (sulfide) groups is 1. The molecule has 0 aromatic heterocycles. The molecule has 27 heavy (non-hydrogen) atoms. The Hall–Kier alpha value is -1.53. The van der Waals surface area contributed by atoms with Crippen molar-refractivity contribution in [3.63, 3.8) is 0 Å². The van der Waals surface area contributed by atoms with Crippen molar-refractivity contribution < 1.29 is 9.59 Å². The SMILES string of the molecule is C[C@H]1C[C@H](C)CN(Cc2ccc(CNC(=O)CCN3CCSC3=O)cc2)C1. The Balaban J connectivity index is 1.39. The second-order valence-electron chi connectivity index (χ2n) is 8.08. The fraction of sp³-hybridized carbons (Fsp3) is 0.619. The standard InChI is InChI=1S/C21H31N3O2S/c1-16-11-17(2)14-23(13-16)15-19-5-3-18(4-6-19)12-22-20(25)7-8-24-9-10-27-21(24)26/h3-6,16-17H,7-15H2,1-2H3,(H,22,25)/t16-,17-/m0/s1. The molecule has 0 saturated carbocycles. The lowest BCUT2D eigenvalue weighted by Crippen LogP contribution is -2.38. The highest BCUT2D eigenvalue weighted by Gasteiger charge is 2.22. The van der Waals surface area contributed by atoms with Gasteiger partial charge in [0.2, 0.25) is 5.91 Å². The monoisotopic (exact) mass is 389 g/mol. The van der Waals surface area contributed by atoms with Crippen molar-refractivity contribution in [3.8, 4) is 0 Å². The van der Waals surface area contributed by atoms with E-state index in [0.717, 1.165) is 36.2 Å². The molecule has 2 aliphatic heterocycles. The maximum absolute atomic E-state index is 12.0. The van der Waals surface area contributed by atoms with Crippen LogP contribution in [0.4, 0.5) is 4.79 Å². The molecule has 0 spiro atoms. The van der Waals surface area contributed by atoms with Crippen molar-refractivity contribution in [2.75, 3.05) is 31.9 Å². The van der Waals surface area contributed by atoms with E-state index >= 15 is 0 Å². The van der Waals surface area contributed by atoms with E-state index in [1.165, 1.54) is 36.8 Å². The van der Waals surface area contributed by atoms with Gasteiger partial charge in [0.1, 0.15) is 0 Å². The molecular weight excluding hydrogens is 358 g/mol. The first kappa shape index (κ1) is 20.2. The molecule has 0 unspecified atom stereocenters. The van der Waals surface area contributed by atoms with Gasteiger partial charge in [-0.25, -0.2) is 0 Å². The lowest BCUT2D eigenvalue weighted by atomic mass is 9.91. The van der Waals surface area contributed by atoms with Crippen LogP contribution in [0.5, 0.6) is 0 Å². The van der Waals surface area contributed by atoms with Crippen molar-refractivity contribution >= 4 is 22.9 Å². The molecule has 2 atom stereocenters. The summed E-state index contributed by atoms with van der Waals surface area (Å²) in [5.74, 6) is 2.39. The third kappa shape index (κ3) is 6.25. The van der Waals surface area contributed by atoms with Crippen LogP contribution in [0.2, 0.25) is 0 Å². The molecule has 148 valence electrons. The summed E-state index contributed by atoms with van der Waals surface area (Å²) in [4.78, 5) is 27.8. The molecule has 0 bridgehead atoms. The van der Waals surface area contributed by atoms with E-state index in [-0.39, 0.29) is 11.1 Å². The highest BCUT2D eigenvalue weighted by molar-refractivity contribution is 8.13. The summed E-state index contributed by atoms with van der Waals surface area (Å²) in [6.45, 7) is 9.86. The number of nitrogens with zero attached hydrogens (tertiary/aromatic N) is 2. The first-order valence-corrected chi connectivity index (χ1v) is 11.0. The molecule has 3 rings (SSSR count). The second-order valence-corrected chi connectivity index (χ2v) is 9.13. The van der Waals surface area contributed by atoms with E-state index in [9.17, 15) is 9.59 Å². The van der Waals surface area contributed by atoms with Crippen LogP contribution >= 0.6 is 11.8 Å². The Bertz CT molecular complexity index is 639. The van der Waals surface area contributed by atoms with Gasteiger partial charge in [-0.3, -0.25) is 14.5 Å². The first-order chi connectivity index (χ1) is 13.0. The summed E-state index contributed by atoms with van der Waals surface area (Å²) in [7, 11) is 0. The van der Waals surface area contributed by atoms with Crippen molar-refractivity contribution in [2.45, 2.75) is 39.8 Å². The molecule has 1 aromatic rings. The Morgan fingerprint density at radius 3 is 2.44 bits per heavy atom. The van der Waals surface area contributed by atoms with E-state index in [1.807, 2.05) is 0 Å². The number of benzene rings is 1. The van der Waals surface area contributed by atoms with Gasteiger partial charge in [0.25, 0.3) is 5.24 Å². The predicted molar refractivity (Wildman–Crippen MR) is 111 cm³/mol. The molecule has 2 heterocycles. The zero-order valence-electron chi connectivity index (χ0n) is 16.4. The molecule has 6 heteroatoms. The molecule has 2 amide bonds. The maximum Gasteiger partial charge on any atom is 0.281 e. The smallest absolute Gasteiger partial charge is 0.281 e. The number of amides is 2. The van der Waals surface area contributed by atoms with Gasteiger partial charge in [-0.05, 0) is 29.4 Å². The highest BCUT2D eigenvalue weighted by Crippen LogP contribution is 2.22. The van der Waals surface area contributed by atoms with E-state index in [1.54, 1.807) is 4.90 Å². The van der Waals surface area contributed by atoms with Gasteiger partial charge in [-0.2, -0.15) is 0 Å². The summed E-state index contributed by atoms with van der Waals surface area (Å²) < 4.78 is 0. The number of hydrogen-bond donors (Lipinski definition) is 1. The normalized spacial score (nSPS) is 23.6. The number of carbonyl (C=O) groups is 2. The second kappa shape index (κ2) is 9.60. The Morgan fingerprint density at radius 2 is 1.81 bits per heavy atom. The Morgan fingerprint density at radius 1 is 1.15 bits per heavy atom. The summed E-state index contributed by atoms with van der Waals surface area (Å²) in [5, 5.41) is 3.05. The lowest BCUT2D eigenvalue weighted by molar-refractivity contribution is -0.121. The van der Waals surface area contributed by atoms with E-state index in [4.69, 9.17) is 0 Å². The van der Waals surface area contributed by atoms with E-state index in [0.29, 0.717) is 19.5 Å². The van der Waals surface area contributed by atoms with Crippen molar-refractivity contribution in [1.82, 2.24) is 15.1 Å². The highest BCUT2D eigenvalue weighted by atomic mass is 32.2.